The molecule has 1 aromatic heterocycles. The van der Waals surface area contributed by atoms with Crippen LogP contribution in [0.4, 0.5) is 0 Å². The molecule has 1 aliphatic rings. The maximum absolute atomic E-state index is 4.45. The van der Waals surface area contributed by atoms with Crippen molar-refractivity contribution in [1.82, 2.24) is 4.98 Å². The highest BCUT2D eigenvalue weighted by molar-refractivity contribution is 5.26. The molecule has 0 aliphatic heterocycles. The summed E-state index contributed by atoms with van der Waals surface area (Å²) in [7, 11) is 0. The first kappa shape index (κ1) is 8.74. The van der Waals surface area contributed by atoms with Crippen LogP contribution in [0, 0.1) is 0 Å². The number of nitrogens with zero attached hydrogens (tertiary/aromatic N) is 1. The fraction of sp³-hybridized carbons (Fsp3) is 0.583. The molecule has 2 rings (SSSR count). The van der Waals surface area contributed by atoms with Gasteiger partial charge in [0.05, 0.1) is 0 Å². The second kappa shape index (κ2) is 3.91. The topological polar surface area (TPSA) is 12.9 Å². The summed E-state index contributed by atoms with van der Waals surface area (Å²) in [5.74, 6) is 0.794. The Morgan fingerprint density at radius 1 is 1.54 bits per heavy atom. The van der Waals surface area contributed by atoms with Crippen molar-refractivity contribution in [2.75, 3.05) is 0 Å². The van der Waals surface area contributed by atoms with E-state index in [-0.39, 0.29) is 0 Å². The highest BCUT2D eigenvalue weighted by Gasteiger charge is 2.19. The lowest BCUT2D eigenvalue weighted by Crippen LogP contribution is -2.10. The Morgan fingerprint density at radius 3 is 3.31 bits per heavy atom. The van der Waals surface area contributed by atoms with Gasteiger partial charge in [-0.3, -0.25) is 4.98 Å². The maximum Gasteiger partial charge on any atom is 0.0438 e. The van der Waals surface area contributed by atoms with E-state index in [2.05, 4.69) is 24.0 Å². The van der Waals surface area contributed by atoms with Crippen LogP contribution >= 0.6 is 0 Å². The molecule has 1 aromatic rings. The molecule has 0 fully saturated rings. The van der Waals surface area contributed by atoms with Crippen LogP contribution in [-0.2, 0) is 6.42 Å². The van der Waals surface area contributed by atoms with Crippen molar-refractivity contribution in [3.63, 3.8) is 0 Å². The third-order valence-corrected chi connectivity index (χ3v) is 2.97. The van der Waals surface area contributed by atoms with Crippen LogP contribution in [0.1, 0.15) is 49.8 Å². The molecule has 1 unspecified atom stereocenters. The van der Waals surface area contributed by atoms with E-state index >= 15 is 0 Å². The molecule has 70 valence electrons. The molecule has 1 aliphatic carbocycles. The van der Waals surface area contributed by atoms with Gasteiger partial charge in [-0.05, 0) is 43.2 Å². The molecule has 0 amide bonds. The Balaban J connectivity index is 2.26. The predicted molar refractivity (Wildman–Crippen MR) is 54.8 cm³/mol. The van der Waals surface area contributed by atoms with E-state index < -0.39 is 0 Å². The molecule has 0 saturated carbocycles. The zero-order valence-electron chi connectivity index (χ0n) is 8.29. The molecule has 0 N–H and O–H groups in total. The first-order valence-electron chi connectivity index (χ1n) is 5.35. The fourth-order valence-electron chi connectivity index (χ4n) is 2.35. The Labute approximate surface area is 80.2 Å². The second-order valence-electron chi connectivity index (χ2n) is 3.92. The monoisotopic (exact) mass is 175 g/mol. The summed E-state index contributed by atoms with van der Waals surface area (Å²) in [6, 6.07) is 4.34. The molecule has 0 bridgehead atoms. The number of rotatable bonds is 2. The van der Waals surface area contributed by atoms with Crippen molar-refractivity contribution >= 4 is 0 Å². The third-order valence-electron chi connectivity index (χ3n) is 2.97. The van der Waals surface area contributed by atoms with E-state index in [4.69, 9.17) is 0 Å². The Bertz CT molecular complexity index is 280. The molecule has 1 heterocycles. The van der Waals surface area contributed by atoms with Crippen molar-refractivity contribution in [3.8, 4) is 0 Å². The first-order chi connectivity index (χ1) is 6.42. The van der Waals surface area contributed by atoms with Crippen molar-refractivity contribution in [2.45, 2.75) is 44.9 Å². The average Bonchev–Trinajstić information content (AvgIpc) is 2.19. The summed E-state index contributed by atoms with van der Waals surface area (Å²) in [6.45, 7) is 2.27. The minimum absolute atomic E-state index is 0.794. The Morgan fingerprint density at radius 2 is 2.46 bits per heavy atom. The van der Waals surface area contributed by atoms with Crippen molar-refractivity contribution in [3.05, 3.63) is 29.6 Å². The number of aromatic nitrogens is 1. The predicted octanol–water partition coefficient (Wildman–Crippen LogP) is 3.30. The molecule has 0 spiro atoms. The minimum Gasteiger partial charge on any atom is -0.261 e. The van der Waals surface area contributed by atoms with Crippen LogP contribution in [0.25, 0.3) is 0 Å². The molecule has 0 saturated heterocycles. The molecule has 1 heteroatoms. The van der Waals surface area contributed by atoms with E-state index in [1.54, 1.807) is 0 Å². The van der Waals surface area contributed by atoms with Gasteiger partial charge >= 0.3 is 0 Å². The Kier molecular flexibility index (Phi) is 2.62. The van der Waals surface area contributed by atoms with Crippen LogP contribution in [0.3, 0.4) is 0 Å². The van der Waals surface area contributed by atoms with Gasteiger partial charge in [0.25, 0.3) is 0 Å². The van der Waals surface area contributed by atoms with E-state index in [0.29, 0.717) is 0 Å². The number of hydrogen-bond donors (Lipinski definition) is 0. The molecule has 1 nitrogen and oxygen atoms in total. The van der Waals surface area contributed by atoms with E-state index in [9.17, 15) is 0 Å². The van der Waals surface area contributed by atoms with Gasteiger partial charge in [0, 0.05) is 11.9 Å². The third kappa shape index (κ3) is 1.74. The van der Waals surface area contributed by atoms with E-state index in [1.807, 2.05) is 6.20 Å². The summed E-state index contributed by atoms with van der Waals surface area (Å²) in [4.78, 5) is 4.45. The van der Waals surface area contributed by atoms with Crippen LogP contribution in [-0.4, -0.2) is 4.98 Å². The molecule has 0 aromatic carbocycles. The van der Waals surface area contributed by atoms with Gasteiger partial charge in [-0.15, -0.1) is 0 Å². The zero-order valence-corrected chi connectivity index (χ0v) is 8.29. The van der Waals surface area contributed by atoms with Crippen LogP contribution < -0.4 is 0 Å². The lowest BCUT2D eigenvalue weighted by molar-refractivity contribution is 0.508. The SMILES string of the molecule is CCCC1CCCc2ncccc21. The van der Waals surface area contributed by atoms with E-state index in [1.165, 1.54) is 43.4 Å². The summed E-state index contributed by atoms with van der Waals surface area (Å²) < 4.78 is 0. The van der Waals surface area contributed by atoms with Crippen molar-refractivity contribution in [2.24, 2.45) is 0 Å². The number of fused-ring (bicyclic) bond motifs is 1. The van der Waals surface area contributed by atoms with Gasteiger partial charge in [0.2, 0.25) is 0 Å². The largest absolute Gasteiger partial charge is 0.261 e. The van der Waals surface area contributed by atoms with Gasteiger partial charge < -0.3 is 0 Å². The number of pyridine rings is 1. The lowest BCUT2D eigenvalue weighted by Gasteiger charge is -2.23. The second-order valence-corrected chi connectivity index (χ2v) is 3.92. The first-order valence-corrected chi connectivity index (χ1v) is 5.35. The smallest absolute Gasteiger partial charge is 0.0438 e. The summed E-state index contributed by atoms with van der Waals surface area (Å²) >= 11 is 0. The quantitative estimate of drug-likeness (QED) is 0.672. The number of hydrogen-bond acceptors (Lipinski definition) is 1. The normalized spacial score (nSPS) is 21.2. The van der Waals surface area contributed by atoms with Crippen molar-refractivity contribution in [1.29, 1.82) is 0 Å². The maximum atomic E-state index is 4.45. The van der Waals surface area contributed by atoms with Gasteiger partial charge in [-0.25, -0.2) is 0 Å². The number of aryl methyl sites for hydroxylation is 1. The van der Waals surface area contributed by atoms with Crippen molar-refractivity contribution < 1.29 is 0 Å². The summed E-state index contributed by atoms with van der Waals surface area (Å²) in [5.41, 5.74) is 2.88. The van der Waals surface area contributed by atoms with Gasteiger partial charge in [-0.1, -0.05) is 19.4 Å². The Hall–Kier alpha value is -0.850. The van der Waals surface area contributed by atoms with Crippen LogP contribution in [0.2, 0.25) is 0 Å². The van der Waals surface area contributed by atoms with Crippen LogP contribution in [0.15, 0.2) is 18.3 Å². The average molecular weight is 175 g/mol. The lowest BCUT2D eigenvalue weighted by atomic mass is 9.83. The molecule has 1 atom stereocenters. The van der Waals surface area contributed by atoms with E-state index in [0.717, 1.165) is 5.92 Å². The molecular weight excluding hydrogens is 158 g/mol. The minimum atomic E-state index is 0.794. The fourth-order valence-corrected chi connectivity index (χ4v) is 2.35. The zero-order chi connectivity index (χ0) is 9.10. The van der Waals surface area contributed by atoms with Gasteiger partial charge in [0.15, 0.2) is 0 Å². The van der Waals surface area contributed by atoms with Gasteiger partial charge in [0.1, 0.15) is 0 Å². The highest BCUT2D eigenvalue weighted by atomic mass is 14.7. The summed E-state index contributed by atoms with van der Waals surface area (Å²) in [5, 5.41) is 0. The highest BCUT2D eigenvalue weighted by Crippen LogP contribution is 2.33. The molecular formula is C12H17N. The van der Waals surface area contributed by atoms with Gasteiger partial charge in [-0.2, -0.15) is 0 Å². The molecule has 13 heavy (non-hydrogen) atoms. The van der Waals surface area contributed by atoms with Crippen LogP contribution in [0.5, 0.6) is 0 Å². The summed E-state index contributed by atoms with van der Waals surface area (Å²) in [6.07, 6.45) is 8.43. The molecule has 0 radical (unpaired) electrons. The standard InChI is InChI=1S/C12H17N/c1-2-5-10-6-3-8-12-11(10)7-4-9-13-12/h4,7,9-10H,2-3,5-6,8H2,1H3.